The maximum absolute atomic E-state index is 12.1. The third kappa shape index (κ3) is 3.91. The fourth-order valence-corrected chi connectivity index (χ4v) is 3.84. The van der Waals surface area contributed by atoms with Gasteiger partial charge in [-0.05, 0) is 25.3 Å². The predicted octanol–water partition coefficient (Wildman–Crippen LogP) is 0.412. The van der Waals surface area contributed by atoms with Crippen molar-refractivity contribution < 1.29 is 13.2 Å². The van der Waals surface area contributed by atoms with Crippen LogP contribution in [0.15, 0.2) is 0 Å². The maximum atomic E-state index is 12.1. The highest BCUT2D eigenvalue weighted by molar-refractivity contribution is 7.89. The SMILES string of the molecule is COCCS(=O)(=O)N(C)C1CCCCC1CN. The number of nitrogens with two attached hydrogens (primary N) is 1. The number of nitrogens with zero attached hydrogens (tertiary/aromatic N) is 1. The lowest BCUT2D eigenvalue weighted by atomic mass is 9.85. The highest BCUT2D eigenvalue weighted by atomic mass is 32.2. The highest BCUT2D eigenvalue weighted by Crippen LogP contribution is 2.28. The largest absolute Gasteiger partial charge is 0.384 e. The van der Waals surface area contributed by atoms with E-state index >= 15 is 0 Å². The first-order valence-corrected chi connectivity index (χ1v) is 7.78. The van der Waals surface area contributed by atoms with Crippen LogP contribution in [-0.4, -0.2) is 51.8 Å². The second kappa shape index (κ2) is 6.68. The van der Waals surface area contributed by atoms with Crippen LogP contribution in [0.4, 0.5) is 0 Å². The summed E-state index contributed by atoms with van der Waals surface area (Å²) in [5.74, 6) is 0.347. The summed E-state index contributed by atoms with van der Waals surface area (Å²) in [5, 5.41) is 0. The van der Waals surface area contributed by atoms with Crippen molar-refractivity contribution in [2.45, 2.75) is 31.7 Å². The first kappa shape index (κ1) is 14.9. The Hall–Kier alpha value is -0.170. The van der Waals surface area contributed by atoms with Gasteiger partial charge in [-0.1, -0.05) is 12.8 Å². The van der Waals surface area contributed by atoms with Crippen LogP contribution in [0, 0.1) is 5.92 Å². The maximum Gasteiger partial charge on any atom is 0.216 e. The quantitative estimate of drug-likeness (QED) is 0.754. The van der Waals surface area contributed by atoms with Crippen LogP contribution < -0.4 is 5.73 Å². The Morgan fingerprint density at radius 1 is 1.35 bits per heavy atom. The molecule has 2 N–H and O–H groups in total. The van der Waals surface area contributed by atoms with Crippen molar-refractivity contribution in [3.05, 3.63) is 0 Å². The molecule has 0 saturated heterocycles. The number of hydrogen-bond donors (Lipinski definition) is 1. The highest BCUT2D eigenvalue weighted by Gasteiger charge is 2.33. The Balaban J connectivity index is 2.69. The summed E-state index contributed by atoms with van der Waals surface area (Å²) in [5.41, 5.74) is 5.73. The van der Waals surface area contributed by atoms with Crippen molar-refractivity contribution in [2.75, 3.05) is 33.1 Å². The number of ether oxygens (including phenoxy) is 1. The van der Waals surface area contributed by atoms with E-state index in [0.29, 0.717) is 12.5 Å². The molecule has 0 aromatic carbocycles. The molecule has 2 atom stereocenters. The molecule has 0 spiro atoms. The van der Waals surface area contributed by atoms with Gasteiger partial charge in [-0.2, -0.15) is 0 Å². The predicted molar refractivity (Wildman–Crippen MR) is 68.2 cm³/mol. The van der Waals surface area contributed by atoms with E-state index in [1.54, 1.807) is 7.05 Å². The van der Waals surface area contributed by atoms with E-state index in [-0.39, 0.29) is 18.4 Å². The van der Waals surface area contributed by atoms with Gasteiger partial charge < -0.3 is 10.5 Å². The smallest absolute Gasteiger partial charge is 0.216 e. The van der Waals surface area contributed by atoms with Crippen molar-refractivity contribution in [1.29, 1.82) is 0 Å². The van der Waals surface area contributed by atoms with Crippen molar-refractivity contribution >= 4 is 10.0 Å². The summed E-state index contributed by atoms with van der Waals surface area (Å²) in [6.07, 6.45) is 4.20. The topological polar surface area (TPSA) is 72.6 Å². The lowest BCUT2D eigenvalue weighted by Crippen LogP contribution is -2.46. The number of methoxy groups -OCH3 is 1. The van der Waals surface area contributed by atoms with Crippen LogP contribution in [-0.2, 0) is 14.8 Å². The molecule has 0 heterocycles. The van der Waals surface area contributed by atoms with E-state index in [4.69, 9.17) is 10.5 Å². The summed E-state index contributed by atoms with van der Waals surface area (Å²) < 4.78 is 30.5. The second-order valence-corrected chi connectivity index (χ2v) is 6.82. The van der Waals surface area contributed by atoms with Crippen molar-refractivity contribution in [3.63, 3.8) is 0 Å². The normalized spacial score (nSPS) is 26.4. The molecule has 0 aromatic rings. The Morgan fingerprint density at radius 3 is 2.59 bits per heavy atom. The van der Waals surface area contributed by atoms with Gasteiger partial charge in [0.1, 0.15) is 0 Å². The molecule has 0 radical (unpaired) electrons. The Bertz CT molecular complexity index is 319. The molecule has 102 valence electrons. The van der Waals surface area contributed by atoms with Crippen LogP contribution in [0.25, 0.3) is 0 Å². The minimum Gasteiger partial charge on any atom is -0.384 e. The number of sulfonamides is 1. The minimum absolute atomic E-state index is 0.0494. The van der Waals surface area contributed by atoms with Gasteiger partial charge in [0.25, 0.3) is 0 Å². The molecule has 1 fully saturated rings. The Morgan fingerprint density at radius 2 is 2.00 bits per heavy atom. The zero-order chi connectivity index (χ0) is 12.9. The van der Waals surface area contributed by atoms with Crippen molar-refractivity contribution in [2.24, 2.45) is 11.7 Å². The van der Waals surface area contributed by atoms with Gasteiger partial charge in [0, 0.05) is 20.2 Å². The van der Waals surface area contributed by atoms with E-state index in [2.05, 4.69) is 0 Å². The average molecular weight is 264 g/mol. The van der Waals surface area contributed by atoms with Gasteiger partial charge in [-0.15, -0.1) is 0 Å². The first-order chi connectivity index (χ1) is 8.03. The van der Waals surface area contributed by atoms with Gasteiger partial charge in [-0.3, -0.25) is 0 Å². The van der Waals surface area contributed by atoms with Gasteiger partial charge in [0.15, 0.2) is 0 Å². The molecule has 0 aliphatic heterocycles. The standard InChI is InChI=1S/C11H24N2O3S/c1-13(17(14,15)8-7-16-2)11-6-4-3-5-10(11)9-12/h10-11H,3-9,12H2,1-2H3. The van der Waals surface area contributed by atoms with Crippen LogP contribution in [0.5, 0.6) is 0 Å². The summed E-state index contributed by atoms with van der Waals surface area (Å²) in [6, 6.07) is 0.0654. The zero-order valence-corrected chi connectivity index (χ0v) is 11.6. The first-order valence-electron chi connectivity index (χ1n) is 6.17. The molecule has 1 aliphatic rings. The molecule has 0 bridgehead atoms. The number of hydrogen-bond acceptors (Lipinski definition) is 4. The third-order valence-electron chi connectivity index (χ3n) is 3.62. The summed E-state index contributed by atoms with van der Waals surface area (Å²) in [4.78, 5) is 0. The van der Waals surface area contributed by atoms with E-state index < -0.39 is 10.0 Å². The van der Waals surface area contributed by atoms with E-state index in [1.165, 1.54) is 11.4 Å². The summed E-state index contributed by atoms with van der Waals surface area (Å²) >= 11 is 0. The lowest BCUT2D eigenvalue weighted by Gasteiger charge is -2.36. The molecule has 6 heteroatoms. The van der Waals surface area contributed by atoms with Gasteiger partial charge >= 0.3 is 0 Å². The van der Waals surface area contributed by atoms with Crippen LogP contribution >= 0.6 is 0 Å². The van der Waals surface area contributed by atoms with Gasteiger partial charge in [0.05, 0.1) is 12.4 Å². The molecule has 1 saturated carbocycles. The van der Waals surface area contributed by atoms with Gasteiger partial charge in [0.2, 0.25) is 10.0 Å². The number of rotatable bonds is 6. The molecule has 0 amide bonds. The van der Waals surface area contributed by atoms with E-state index in [1.807, 2.05) is 0 Å². The monoisotopic (exact) mass is 264 g/mol. The van der Waals surface area contributed by atoms with Crippen LogP contribution in [0.3, 0.4) is 0 Å². The van der Waals surface area contributed by atoms with Gasteiger partial charge in [-0.25, -0.2) is 12.7 Å². The molecule has 1 rings (SSSR count). The van der Waals surface area contributed by atoms with Crippen LogP contribution in [0.2, 0.25) is 0 Å². The van der Waals surface area contributed by atoms with Crippen molar-refractivity contribution in [1.82, 2.24) is 4.31 Å². The minimum atomic E-state index is -3.21. The molecule has 0 aromatic heterocycles. The molecular formula is C11H24N2O3S. The molecule has 2 unspecified atom stereocenters. The molecule has 1 aliphatic carbocycles. The fraction of sp³-hybridized carbons (Fsp3) is 1.00. The van der Waals surface area contributed by atoms with Crippen molar-refractivity contribution in [3.8, 4) is 0 Å². The Kier molecular flexibility index (Phi) is 5.85. The van der Waals surface area contributed by atoms with E-state index in [0.717, 1.165) is 25.7 Å². The summed E-state index contributed by atoms with van der Waals surface area (Å²) in [6.45, 7) is 0.807. The molecule has 17 heavy (non-hydrogen) atoms. The molecular weight excluding hydrogens is 240 g/mol. The van der Waals surface area contributed by atoms with Crippen LogP contribution in [0.1, 0.15) is 25.7 Å². The molecule has 5 nitrogen and oxygen atoms in total. The second-order valence-electron chi connectivity index (χ2n) is 4.67. The summed E-state index contributed by atoms with van der Waals surface area (Å²) in [7, 11) is -0.0293. The fourth-order valence-electron chi connectivity index (χ4n) is 2.48. The van der Waals surface area contributed by atoms with E-state index in [9.17, 15) is 8.42 Å². The lowest BCUT2D eigenvalue weighted by molar-refractivity contribution is 0.196. The third-order valence-corrected chi connectivity index (χ3v) is 5.45. The zero-order valence-electron chi connectivity index (χ0n) is 10.8. The Labute approximate surface area is 104 Å². The average Bonchev–Trinajstić information content (AvgIpc) is 2.35.